The Hall–Kier alpha value is -8.96. The lowest BCUT2D eigenvalue weighted by Crippen LogP contribution is -2.48. The van der Waals surface area contributed by atoms with Crippen LogP contribution in [0.25, 0.3) is 0 Å². The molecule has 0 amide bonds. The van der Waals surface area contributed by atoms with Crippen molar-refractivity contribution in [3.63, 3.8) is 0 Å². The molecule has 135 heavy (non-hydrogen) atoms. The van der Waals surface area contributed by atoms with Gasteiger partial charge in [0.25, 0.3) is 0 Å². The lowest BCUT2D eigenvalue weighted by molar-refractivity contribution is -0.275. The quantitative estimate of drug-likeness (QED) is 0.0236. The predicted octanol–water partition coefficient (Wildman–Crippen LogP) is 11.1. The summed E-state index contributed by atoms with van der Waals surface area (Å²) in [6, 6.07) is 96.2. The van der Waals surface area contributed by atoms with Crippen molar-refractivity contribution in [1.82, 2.24) is 0 Å². The zero-order valence-electron chi connectivity index (χ0n) is 75.1. The standard InChI is InChI=1S/C106H120O29/c1-112-101-96(121-62-77-48-28-10-29-49-77)90(115-56-71-36-16-4-17-37-71)84(129-101)68-124-102-97(122-63-78-50-30-11-31-51-78)91(116-57-72-38-18-5-19-39-72)85(131-102)67-123-100-88(111)89(133-106-99(135-105-95(87(110)80(53-108)127-105)120-61-76-46-26-9-27-47-76)93(118-59-74-42-22-7-23-43-74)82(132-106)65-114-55-70-34-14-3-15-35-70)83(128-100)66-125-103-98(134-104-94(86(109)79(52-107)126-104)119-60-75-44-24-8-25-45-75)92(117-58-73-40-20-6-21-41-73)81(130-103)64-113-54-69-32-12-2-13-33-69/h2-51,79-111H,52-68H2,1H3/t79-,80-,81-,82-,83-,84-,85-,86-,87-,88+,89-,90-,91-,92?,93-,94+,95+,96+,97+,98+,99+,100+,101+,102+,103+,104+,105+,106-/m1/s1. The van der Waals surface area contributed by atoms with Crippen molar-refractivity contribution in [2.75, 3.05) is 53.4 Å². The molecule has 0 aliphatic carbocycles. The second-order valence-corrected chi connectivity index (χ2v) is 34.3. The van der Waals surface area contributed by atoms with Crippen molar-refractivity contribution in [3.8, 4) is 0 Å². The van der Waals surface area contributed by atoms with Gasteiger partial charge in [0.15, 0.2) is 44.0 Å². The number of ether oxygens (including phenoxy) is 24. The van der Waals surface area contributed by atoms with Crippen LogP contribution >= 0.6 is 0 Å². The largest absolute Gasteiger partial charge is 0.394 e. The monoisotopic (exact) mass is 1860 g/mol. The third-order valence-corrected chi connectivity index (χ3v) is 24.8. The second-order valence-electron chi connectivity index (χ2n) is 34.3. The van der Waals surface area contributed by atoms with Gasteiger partial charge in [0, 0.05) is 7.11 Å². The molecular formula is C106H120O29. The van der Waals surface area contributed by atoms with Crippen LogP contribution in [0.4, 0.5) is 0 Å². The van der Waals surface area contributed by atoms with Gasteiger partial charge >= 0.3 is 0 Å². The molecule has 0 bridgehead atoms. The normalized spacial score (nSPS) is 31.1. The summed E-state index contributed by atoms with van der Waals surface area (Å²) in [6.45, 7) is -1.14. The summed E-state index contributed by atoms with van der Waals surface area (Å²) in [5.74, 6) is 0. The van der Waals surface area contributed by atoms with Crippen molar-refractivity contribution in [1.29, 1.82) is 0 Å². The molecule has 10 aromatic rings. The van der Waals surface area contributed by atoms with Gasteiger partial charge in [-0.25, -0.2) is 0 Å². The second kappa shape index (κ2) is 50.1. The molecule has 0 saturated carbocycles. The molecule has 10 aromatic carbocycles. The van der Waals surface area contributed by atoms with Crippen molar-refractivity contribution in [2.24, 2.45) is 0 Å². The number of methoxy groups -OCH3 is 1. The minimum absolute atomic E-state index is 0.0199. The summed E-state index contributed by atoms with van der Waals surface area (Å²) in [4.78, 5) is 0. The van der Waals surface area contributed by atoms with Crippen LogP contribution in [-0.4, -0.2) is 251 Å². The number of rotatable bonds is 50. The maximum atomic E-state index is 13.6. The molecule has 29 heteroatoms. The first-order valence-electron chi connectivity index (χ1n) is 46.2. The first-order valence-corrected chi connectivity index (χ1v) is 46.2. The van der Waals surface area contributed by atoms with Crippen molar-refractivity contribution in [2.45, 2.75) is 238 Å². The molecule has 7 aliphatic rings. The Kier molecular flexibility index (Phi) is 36.2. The summed E-state index contributed by atoms with van der Waals surface area (Å²) >= 11 is 0. The van der Waals surface area contributed by atoms with Gasteiger partial charge < -0.3 is 139 Å². The van der Waals surface area contributed by atoms with E-state index < -0.39 is 192 Å². The maximum absolute atomic E-state index is 13.6. The molecular weight excluding hydrogens is 1740 g/mol. The molecule has 17 rings (SSSR count). The highest BCUT2D eigenvalue weighted by Gasteiger charge is 2.59. The number of benzene rings is 10. The average molecular weight is 1860 g/mol. The molecule has 0 radical (unpaired) electrons. The SMILES string of the molecule is CO[C@H]1O[C@H](CO[C@H]2O[C@H](CO[C@H]3O[C@H](CO[C@H]4O[C@H](COCc5ccccc5)C(OCc5ccccc5)[C@@H]4O[C@@H]4O[C@H](CO)[C@@H](O)[C@@H]4OCc4ccccc4)[C@@H](O[C@H]4O[C@H](COCc5ccccc5)[C@@H](OCc5ccccc5)[C@@H]4O[C@@H]4O[C@H](CO)[C@@H](O)[C@@H]4OCc4ccccc4)[C@@H]3O)[C@@H](OCc3ccccc3)[C@@H]2OCc2ccccc2)[C@@H](OCc2ccccc2)[C@@H]1OCc1ccccc1. The Bertz CT molecular complexity index is 4990. The molecule has 5 N–H and O–H groups in total. The topological polar surface area (TPSA) is 323 Å². The maximum Gasteiger partial charge on any atom is 0.187 e. The molecule has 718 valence electrons. The highest BCUT2D eigenvalue weighted by atomic mass is 16.8. The number of hydrogen-bond acceptors (Lipinski definition) is 29. The Balaban J connectivity index is 0.715. The lowest BCUT2D eigenvalue weighted by Gasteiger charge is -2.32. The van der Waals surface area contributed by atoms with Crippen LogP contribution in [0.2, 0.25) is 0 Å². The summed E-state index contributed by atoms with van der Waals surface area (Å²) in [5, 5.41) is 59.4. The van der Waals surface area contributed by atoms with Crippen LogP contribution in [-0.2, 0) is 180 Å². The lowest BCUT2D eigenvalue weighted by atomic mass is 10.1. The average Bonchev–Trinajstić information content (AvgIpc) is 1.60. The summed E-state index contributed by atoms with van der Waals surface area (Å²) in [5.41, 5.74) is 8.55. The van der Waals surface area contributed by atoms with Gasteiger partial charge in [-0.2, -0.15) is 0 Å². The van der Waals surface area contributed by atoms with Gasteiger partial charge in [-0.15, -0.1) is 0 Å². The van der Waals surface area contributed by atoms with Gasteiger partial charge in [-0.3, -0.25) is 0 Å². The fourth-order valence-corrected chi connectivity index (χ4v) is 17.6. The molecule has 0 aromatic heterocycles. The molecule has 1 unspecified atom stereocenters. The first kappa shape index (κ1) is 97.7. The van der Waals surface area contributed by atoms with E-state index in [9.17, 15) is 25.5 Å². The van der Waals surface area contributed by atoms with Crippen LogP contribution in [0, 0.1) is 0 Å². The smallest absolute Gasteiger partial charge is 0.187 e. The zero-order valence-corrected chi connectivity index (χ0v) is 75.1. The summed E-state index contributed by atoms with van der Waals surface area (Å²) in [7, 11) is 1.56. The molecule has 29 nitrogen and oxygen atoms in total. The Morgan fingerprint density at radius 1 is 0.193 bits per heavy atom. The molecule has 28 atom stereocenters. The van der Waals surface area contributed by atoms with Gasteiger partial charge in [-0.05, 0) is 55.6 Å². The molecule has 0 spiro atoms. The Labute approximate surface area is 785 Å². The van der Waals surface area contributed by atoms with Crippen LogP contribution in [0.3, 0.4) is 0 Å². The number of aliphatic hydroxyl groups excluding tert-OH is 5. The van der Waals surface area contributed by atoms with E-state index in [0.717, 1.165) is 55.6 Å². The Morgan fingerprint density at radius 2 is 0.400 bits per heavy atom. The van der Waals surface area contributed by atoms with Gasteiger partial charge in [-0.1, -0.05) is 303 Å². The van der Waals surface area contributed by atoms with E-state index in [1.165, 1.54) is 0 Å². The van der Waals surface area contributed by atoms with E-state index in [0.29, 0.717) is 0 Å². The molecule has 7 saturated heterocycles. The minimum atomic E-state index is -1.76. The Morgan fingerprint density at radius 3 is 0.711 bits per heavy atom. The van der Waals surface area contributed by atoms with Crippen LogP contribution < -0.4 is 0 Å². The van der Waals surface area contributed by atoms with E-state index in [-0.39, 0.29) is 92.5 Å². The minimum Gasteiger partial charge on any atom is -0.394 e. The van der Waals surface area contributed by atoms with Crippen LogP contribution in [0.15, 0.2) is 303 Å². The third-order valence-electron chi connectivity index (χ3n) is 24.8. The van der Waals surface area contributed by atoms with Crippen molar-refractivity contribution in [3.05, 3.63) is 359 Å². The van der Waals surface area contributed by atoms with E-state index in [2.05, 4.69) is 0 Å². The van der Waals surface area contributed by atoms with Gasteiger partial charge in [0.2, 0.25) is 0 Å². The highest BCUT2D eigenvalue weighted by Crippen LogP contribution is 2.42. The third kappa shape index (κ3) is 26.3. The summed E-state index contributed by atoms with van der Waals surface area (Å²) < 4.78 is 164. The van der Waals surface area contributed by atoms with Crippen LogP contribution in [0.1, 0.15) is 55.6 Å². The summed E-state index contributed by atoms with van der Waals surface area (Å²) in [6.07, 6.45) is -33.4. The molecule has 7 fully saturated rings. The van der Waals surface area contributed by atoms with E-state index in [4.69, 9.17) is 114 Å². The molecule has 7 aliphatic heterocycles. The van der Waals surface area contributed by atoms with Crippen LogP contribution in [0.5, 0.6) is 0 Å². The van der Waals surface area contributed by atoms with E-state index in [1.54, 1.807) is 7.11 Å². The first-order chi connectivity index (χ1) is 66.5. The van der Waals surface area contributed by atoms with Gasteiger partial charge in [0.05, 0.1) is 112 Å². The van der Waals surface area contributed by atoms with Crippen molar-refractivity contribution < 1.29 is 139 Å². The predicted molar refractivity (Wildman–Crippen MR) is 485 cm³/mol. The zero-order chi connectivity index (χ0) is 92.3. The number of aliphatic hydroxyl groups is 5. The van der Waals surface area contributed by atoms with E-state index in [1.807, 2.05) is 303 Å². The fourth-order valence-electron chi connectivity index (χ4n) is 17.6. The van der Waals surface area contributed by atoms with Crippen molar-refractivity contribution >= 4 is 0 Å². The van der Waals surface area contributed by atoms with E-state index >= 15 is 0 Å². The van der Waals surface area contributed by atoms with Gasteiger partial charge in [0.1, 0.15) is 128 Å². The number of hydrogen-bond donors (Lipinski definition) is 5. The fraction of sp³-hybridized carbons (Fsp3) is 0.434. The highest BCUT2D eigenvalue weighted by molar-refractivity contribution is 5.22. The molecule has 7 heterocycles.